The molecule has 6 nitrogen and oxygen atoms in total. The van der Waals surface area contributed by atoms with Crippen molar-refractivity contribution < 1.29 is 4.79 Å². The average Bonchev–Trinajstić information content (AvgIpc) is 3.07. The molecule has 0 unspecified atom stereocenters. The van der Waals surface area contributed by atoms with E-state index < -0.39 is 0 Å². The van der Waals surface area contributed by atoms with Crippen molar-refractivity contribution in [1.29, 1.82) is 0 Å². The molecule has 0 saturated carbocycles. The number of amides is 1. The van der Waals surface area contributed by atoms with E-state index in [1.165, 1.54) is 0 Å². The molecule has 1 fully saturated rings. The first kappa shape index (κ1) is 12.8. The van der Waals surface area contributed by atoms with Crippen molar-refractivity contribution in [2.45, 2.75) is 25.8 Å². The molecule has 0 radical (unpaired) electrons. The Morgan fingerprint density at radius 2 is 2.15 bits per heavy atom. The lowest BCUT2D eigenvalue weighted by Gasteiger charge is -2.23. The van der Waals surface area contributed by atoms with Crippen LogP contribution < -0.4 is 0 Å². The molecule has 0 aliphatic carbocycles. The molecule has 6 heteroatoms. The Balaban J connectivity index is 1.85. The minimum absolute atomic E-state index is 0.0520. The van der Waals surface area contributed by atoms with Gasteiger partial charge in [0, 0.05) is 31.5 Å². The van der Waals surface area contributed by atoms with E-state index in [2.05, 4.69) is 15.1 Å². The van der Waals surface area contributed by atoms with E-state index in [1.807, 2.05) is 31.3 Å². The molecule has 1 aliphatic rings. The quantitative estimate of drug-likeness (QED) is 0.830. The van der Waals surface area contributed by atoms with Gasteiger partial charge in [0.25, 0.3) is 5.91 Å². The van der Waals surface area contributed by atoms with E-state index in [0.29, 0.717) is 5.69 Å². The maximum absolute atomic E-state index is 12.5. The topological polar surface area (TPSA) is 63.9 Å². The summed E-state index contributed by atoms with van der Waals surface area (Å²) in [6, 6.07) is 0.0966. The predicted octanol–water partition coefficient (Wildman–Crippen LogP) is 1.50. The Bertz CT molecular complexity index is 619. The summed E-state index contributed by atoms with van der Waals surface area (Å²) < 4.78 is 1.77. The van der Waals surface area contributed by atoms with Crippen LogP contribution in [0.5, 0.6) is 0 Å². The van der Waals surface area contributed by atoms with Gasteiger partial charge in [0.05, 0.1) is 24.1 Å². The van der Waals surface area contributed by atoms with Crippen LogP contribution in [0.25, 0.3) is 0 Å². The summed E-state index contributed by atoms with van der Waals surface area (Å²) in [5.74, 6) is -0.0520. The fourth-order valence-electron chi connectivity index (χ4n) is 2.62. The molecule has 0 N–H and O–H groups in total. The third-order valence-corrected chi connectivity index (χ3v) is 3.62. The first-order valence-corrected chi connectivity index (χ1v) is 6.73. The van der Waals surface area contributed by atoms with Crippen molar-refractivity contribution in [3.63, 3.8) is 0 Å². The number of carbonyl (C=O) groups is 1. The Morgan fingerprint density at radius 3 is 2.80 bits per heavy atom. The molecule has 2 aromatic rings. The number of nitrogens with zero attached hydrogens (tertiary/aromatic N) is 5. The smallest absolute Gasteiger partial charge is 0.274 e. The molecular weight excluding hydrogens is 254 g/mol. The van der Waals surface area contributed by atoms with E-state index in [1.54, 1.807) is 17.1 Å². The SMILES string of the molecule is Cc1cnc(C(=O)N2CCC[C@@H]2c2cnn(C)c2)cn1. The van der Waals surface area contributed by atoms with E-state index in [4.69, 9.17) is 0 Å². The van der Waals surface area contributed by atoms with Crippen LogP contribution in [-0.4, -0.2) is 37.1 Å². The lowest BCUT2D eigenvalue weighted by molar-refractivity contribution is 0.0729. The van der Waals surface area contributed by atoms with E-state index in [0.717, 1.165) is 30.6 Å². The molecule has 1 amide bonds. The number of hydrogen-bond donors (Lipinski definition) is 0. The van der Waals surface area contributed by atoms with Crippen LogP contribution >= 0.6 is 0 Å². The van der Waals surface area contributed by atoms with Gasteiger partial charge in [0.2, 0.25) is 0 Å². The molecule has 2 aromatic heterocycles. The first-order chi connectivity index (χ1) is 9.65. The summed E-state index contributed by atoms with van der Waals surface area (Å²) in [4.78, 5) is 22.7. The van der Waals surface area contributed by atoms with Crippen molar-refractivity contribution in [3.05, 3.63) is 41.7 Å². The van der Waals surface area contributed by atoms with Crippen LogP contribution in [0.4, 0.5) is 0 Å². The van der Waals surface area contributed by atoms with Gasteiger partial charge in [-0.05, 0) is 19.8 Å². The van der Waals surface area contributed by atoms with E-state index >= 15 is 0 Å². The van der Waals surface area contributed by atoms with Gasteiger partial charge in [-0.15, -0.1) is 0 Å². The highest BCUT2D eigenvalue weighted by Gasteiger charge is 2.32. The normalized spacial score (nSPS) is 18.5. The van der Waals surface area contributed by atoms with Crippen LogP contribution in [0.15, 0.2) is 24.8 Å². The highest BCUT2D eigenvalue weighted by molar-refractivity contribution is 5.92. The Morgan fingerprint density at radius 1 is 1.30 bits per heavy atom. The number of rotatable bonds is 2. The molecule has 20 heavy (non-hydrogen) atoms. The molecule has 3 rings (SSSR count). The van der Waals surface area contributed by atoms with Gasteiger partial charge in [0.1, 0.15) is 5.69 Å². The maximum Gasteiger partial charge on any atom is 0.274 e. The van der Waals surface area contributed by atoms with Crippen LogP contribution in [0.3, 0.4) is 0 Å². The molecule has 1 atom stereocenters. The van der Waals surface area contributed by atoms with Crippen molar-refractivity contribution in [2.24, 2.45) is 7.05 Å². The minimum Gasteiger partial charge on any atom is -0.330 e. The summed E-state index contributed by atoms with van der Waals surface area (Å²) in [7, 11) is 1.88. The third kappa shape index (κ3) is 2.29. The summed E-state index contributed by atoms with van der Waals surface area (Å²) in [6.45, 7) is 2.61. The van der Waals surface area contributed by atoms with Gasteiger partial charge in [0.15, 0.2) is 0 Å². The Hall–Kier alpha value is -2.24. The zero-order valence-electron chi connectivity index (χ0n) is 11.7. The van der Waals surface area contributed by atoms with Gasteiger partial charge in [-0.25, -0.2) is 4.98 Å². The highest BCUT2D eigenvalue weighted by Crippen LogP contribution is 2.32. The second-order valence-electron chi connectivity index (χ2n) is 5.15. The minimum atomic E-state index is -0.0520. The fourth-order valence-corrected chi connectivity index (χ4v) is 2.62. The zero-order chi connectivity index (χ0) is 14.1. The van der Waals surface area contributed by atoms with Crippen molar-refractivity contribution in [1.82, 2.24) is 24.6 Å². The summed E-state index contributed by atoms with van der Waals surface area (Å²) >= 11 is 0. The molecule has 0 spiro atoms. The van der Waals surface area contributed by atoms with Crippen LogP contribution in [0.2, 0.25) is 0 Å². The predicted molar refractivity (Wildman–Crippen MR) is 73.0 cm³/mol. The van der Waals surface area contributed by atoms with Crippen molar-refractivity contribution in [3.8, 4) is 0 Å². The van der Waals surface area contributed by atoms with Crippen molar-refractivity contribution >= 4 is 5.91 Å². The summed E-state index contributed by atoms with van der Waals surface area (Å²) in [6.07, 6.45) is 8.95. The van der Waals surface area contributed by atoms with Gasteiger partial charge < -0.3 is 4.90 Å². The molecule has 1 saturated heterocycles. The molecule has 0 bridgehead atoms. The maximum atomic E-state index is 12.5. The van der Waals surface area contributed by atoms with Gasteiger partial charge in [-0.1, -0.05) is 0 Å². The van der Waals surface area contributed by atoms with Crippen LogP contribution in [0.1, 0.15) is 40.6 Å². The van der Waals surface area contributed by atoms with Crippen molar-refractivity contribution in [2.75, 3.05) is 6.54 Å². The van der Waals surface area contributed by atoms with E-state index in [-0.39, 0.29) is 11.9 Å². The highest BCUT2D eigenvalue weighted by atomic mass is 16.2. The number of likely N-dealkylation sites (tertiary alicyclic amines) is 1. The lowest BCUT2D eigenvalue weighted by Crippen LogP contribution is -2.31. The standard InChI is InChI=1S/C14H17N5O/c1-10-6-16-12(8-15-10)14(20)19-5-3-4-13(19)11-7-17-18(2)9-11/h6-9,13H,3-5H2,1-2H3/t13-/m1/s1. The number of hydrogen-bond acceptors (Lipinski definition) is 4. The van der Waals surface area contributed by atoms with Gasteiger partial charge in [-0.3, -0.25) is 14.5 Å². The summed E-state index contributed by atoms with van der Waals surface area (Å²) in [5.41, 5.74) is 2.30. The summed E-state index contributed by atoms with van der Waals surface area (Å²) in [5, 5.41) is 4.19. The second-order valence-corrected chi connectivity index (χ2v) is 5.15. The number of carbonyl (C=O) groups excluding carboxylic acids is 1. The number of aromatic nitrogens is 4. The van der Waals surface area contributed by atoms with Gasteiger partial charge in [-0.2, -0.15) is 5.10 Å². The van der Waals surface area contributed by atoms with Crippen LogP contribution in [-0.2, 0) is 7.05 Å². The fraction of sp³-hybridized carbons (Fsp3) is 0.429. The first-order valence-electron chi connectivity index (χ1n) is 6.73. The van der Waals surface area contributed by atoms with Crippen LogP contribution in [0, 0.1) is 6.92 Å². The zero-order valence-corrected chi connectivity index (χ0v) is 11.7. The van der Waals surface area contributed by atoms with Gasteiger partial charge >= 0.3 is 0 Å². The Labute approximate surface area is 117 Å². The molecule has 0 aromatic carbocycles. The second kappa shape index (κ2) is 5.03. The molecule has 104 valence electrons. The molecule has 1 aliphatic heterocycles. The number of aryl methyl sites for hydroxylation is 2. The van der Waals surface area contributed by atoms with E-state index in [9.17, 15) is 4.79 Å². The third-order valence-electron chi connectivity index (χ3n) is 3.62. The average molecular weight is 271 g/mol. The molecule has 3 heterocycles. The lowest BCUT2D eigenvalue weighted by atomic mass is 10.1. The Kier molecular flexibility index (Phi) is 3.22. The molecular formula is C14H17N5O. The largest absolute Gasteiger partial charge is 0.330 e. The monoisotopic (exact) mass is 271 g/mol.